The van der Waals surface area contributed by atoms with Crippen molar-refractivity contribution in [1.82, 2.24) is 10.4 Å². The van der Waals surface area contributed by atoms with Gasteiger partial charge in [0.25, 0.3) is 5.91 Å². The molecule has 7 nitrogen and oxygen atoms in total. The minimum Gasteiger partial charge on any atom is -0.443 e. The lowest BCUT2D eigenvalue weighted by atomic mass is 9.74. The number of fused-ring (bicyclic) bond motifs is 2. The summed E-state index contributed by atoms with van der Waals surface area (Å²) in [5.74, 6) is -0.0116. The number of ether oxygens (including phenoxy) is 1. The van der Waals surface area contributed by atoms with Crippen LogP contribution in [-0.2, 0) is 16.2 Å². The summed E-state index contributed by atoms with van der Waals surface area (Å²) < 4.78 is 5.47. The molecule has 1 aromatic carbocycles. The van der Waals surface area contributed by atoms with E-state index >= 15 is 0 Å². The van der Waals surface area contributed by atoms with Crippen LogP contribution in [0.4, 0.5) is 4.79 Å². The summed E-state index contributed by atoms with van der Waals surface area (Å²) in [6, 6.07) is 6.79. The van der Waals surface area contributed by atoms with Crippen molar-refractivity contribution in [1.29, 1.82) is 0 Å². The van der Waals surface area contributed by atoms with Gasteiger partial charge in [0, 0.05) is 12.1 Å². The first-order valence-corrected chi connectivity index (χ1v) is 9.64. The van der Waals surface area contributed by atoms with Crippen molar-refractivity contribution in [3.8, 4) is 0 Å². The molecule has 7 heteroatoms. The number of nitrogens with one attached hydrogen (secondary N) is 1. The number of hydrogen-bond donors (Lipinski definition) is 2. The molecule has 0 unspecified atom stereocenters. The number of carbonyl (C=O) groups excluding carboxylic acids is 2. The van der Waals surface area contributed by atoms with E-state index in [4.69, 9.17) is 14.7 Å². The normalized spacial score (nSPS) is 25.8. The van der Waals surface area contributed by atoms with Gasteiger partial charge in [0.15, 0.2) is 0 Å². The molecule has 1 aliphatic carbocycles. The molecule has 3 aliphatic rings. The molecule has 1 saturated heterocycles. The van der Waals surface area contributed by atoms with Crippen LogP contribution in [0.1, 0.15) is 49.5 Å². The summed E-state index contributed by atoms with van der Waals surface area (Å²) in [7, 11) is 0. The lowest BCUT2D eigenvalue weighted by Gasteiger charge is -2.54. The summed E-state index contributed by atoms with van der Waals surface area (Å²) >= 11 is 0. The van der Waals surface area contributed by atoms with Gasteiger partial charge in [0.1, 0.15) is 12.2 Å². The van der Waals surface area contributed by atoms with Gasteiger partial charge in [-0.25, -0.2) is 4.79 Å². The van der Waals surface area contributed by atoms with E-state index in [0.29, 0.717) is 5.56 Å². The highest BCUT2D eigenvalue weighted by molar-refractivity contribution is 5.94. The van der Waals surface area contributed by atoms with Gasteiger partial charge < -0.3 is 15.2 Å². The minimum absolute atomic E-state index is 0.0890. The molecule has 0 aromatic heterocycles. The molecule has 2 amide bonds. The Bertz CT molecular complexity index is 761. The number of rotatable bonds is 6. The summed E-state index contributed by atoms with van der Waals surface area (Å²) in [6.07, 6.45) is 5.31. The Morgan fingerprint density at radius 1 is 1.25 bits per heavy atom. The number of hydrogen-bond acceptors (Lipinski definition) is 5. The number of nitrogens with zero attached hydrogens (tertiary/aromatic N) is 1. The first-order chi connectivity index (χ1) is 13.3. The number of hydroxylamine groups is 2. The quantitative estimate of drug-likeness (QED) is 0.732. The largest absolute Gasteiger partial charge is 0.443 e. The molecule has 2 atom stereocenters. The smallest absolute Gasteiger partial charge is 0.435 e. The minimum atomic E-state index is -0.513. The standard InChI is InChI=1S/C21H28N2O5/c1-15(2)21-10-8-20(3,9-11-21)23(28-21)19(26)27-14-16-4-6-17(7-5-16)18(25)22-12-13-24/h4-8,10,15,24H,9,11-14H2,1-3H3,(H,22,25)/t20-,21+/m1/s1. The maximum Gasteiger partial charge on any atom is 0.435 e. The third kappa shape index (κ3) is 3.91. The molecular formula is C21H28N2O5. The Hall–Kier alpha value is -2.38. The van der Waals surface area contributed by atoms with E-state index < -0.39 is 17.2 Å². The number of amides is 2. The highest BCUT2D eigenvalue weighted by Crippen LogP contribution is 2.46. The average molecular weight is 388 g/mol. The van der Waals surface area contributed by atoms with Crippen LogP contribution >= 0.6 is 0 Å². The van der Waals surface area contributed by atoms with Crippen LogP contribution in [0.15, 0.2) is 36.4 Å². The van der Waals surface area contributed by atoms with Gasteiger partial charge in [0.2, 0.25) is 0 Å². The van der Waals surface area contributed by atoms with Crippen LogP contribution in [0.5, 0.6) is 0 Å². The molecule has 2 bridgehead atoms. The van der Waals surface area contributed by atoms with E-state index in [1.165, 1.54) is 5.06 Å². The predicted molar refractivity (Wildman–Crippen MR) is 103 cm³/mol. The van der Waals surface area contributed by atoms with Crippen molar-refractivity contribution in [3.05, 3.63) is 47.5 Å². The van der Waals surface area contributed by atoms with Gasteiger partial charge in [-0.3, -0.25) is 9.63 Å². The predicted octanol–water partition coefficient (Wildman–Crippen LogP) is 2.80. The fourth-order valence-corrected chi connectivity index (χ4v) is 3.52. The second kappa shape index (κ2) is 7.93. The zero-order chi connectivity index (χ0) is 20.4. The van der Waals surface area contributed by atoms with E-state index in [9.17, 15) is 9.59 Å². The van der Waals surface area contributed by atoms with Crippen LogP contribution in [0, 0.1) is 5.92 Å². The molecule has 2 aliphatic heterocycles. The topological polar surface area (TPSA) is 88.1 Å². The van der Waals surface area contributed by atoms with Crippen LogP contribution in [0.2, 0.25) is 0 Å². The molecule has 152 valence electrons. The lowest BCUT2D eigenvalue weighted by Crippen LogP contribution is -2.62. The molecule has 2 heterocycles. The summed E-state index contributed by atoms with van der Waals surface area (Å²) in [5, 5.41) is 12.7. The highest BCUT2D eigenvalue weighted by Gasteiger charge is 2.52. The molecular weight excluding hydrogens is 360 g/mol. The van der Waals surface area contributed by atoms with Gasteiger partial charge >= 0.3 is 6.09 Å². The first kappa shape index (κ1) is 20.4. The van der Waals surface area contributed by atoms with E-state index in [2.05, 4.69) is 25.2 Å². The Labute approximate surface area is 165 Å². The Balaban J connectivity index is 1.60. The van der Waals surface area contributed by atoms with Gasteiger partial charge in [-0.05, 0) is 43.4 Å². The summed E-state index contributed by atoms with van der Waals surface area (Å²) in [4.78, 5) is 30.6. The Kier molecular flexibility index (Phi) is 5.76. The first-order valence-electron chi connectivity index (χ1n) is 9.64. The molecule has 28 heavy (non-hydrogen) atoms. The van der Waals surface area contributed by atoms with Gasteiger partial charge in [-0.15, -0.1) is 0 Å². The van der Waals surface area contributed by atoms with Crippen LogP contribution in [0.3, 0.4) is 0 Å². The van der Waals surface area contributed by atoms with E-state index in [1.54, 1.807) is 24.3 Å². The van der Waals surface area contributed by atoms with E-state index in [0.717, 1.165) is 18.4 Å². The molecule has 1 fully saturated rings. The molecule has 1 aromatic rings. The fraction of sp³-hybridized carbons (Fsp3) is 0.524. The van der Waals surface area contributed by atoms with Crippen LogP contribution in [-0.4, -0.2) is 46.5 Å². The van der Waals surface area contributed by atoms with Crippen molar-refractivity contribution in [2.75, 3.05) is 13.2 Å². The second-order valence-corrected chi connectivity index (χ2v) is 7.92. The van der Waals surface area contributed by atoms with Crippen molar-refractivity contribution >= 4 is 12.0 Å². The van der Waals surface area contributed by atoms with Gasteiger partial charge in [-0.1, -0.05) is 38.1 Å². The summed E-state index contributed by atoms with van der Waals surface area (Å²) in [5.41, 5.74) is 0.299. The second-order valence-electron chi connectivity index (χ2n) is 7.92. The highest BCUT2D eigenvalue weighted by atomic mass is 16.7. The number of aliphatic hydroxyl groups is 1. The van der Waals surface area contributed by atoms with Crippen LogP contribution < -0.4 is 5.32 Å². The molecule has 4 rings (SSSR count). The summed E-state index contributed by atoms with van der Waals surface area (Å²) in [6.45, 7) is 6.32. The molecule has 0 spiro atoms. The lowest BCUT2D eigenvalue weighted by molar-refractivity contribution is -0.292. The van der Waals surface area contributed by atoms with Crippen molar-refractivity contribution in [2.24, 2.45) is 5.92 Å². The monoisotopic (exact) mass is 388 g/mol. The number of benzene rings is 1. The molecule has 2 N–H and O–H groups in total. The third-order valence-corrected chi connectivity index (χ3v) is 5.59. The maximum atomic E-state index is 12.7. The SMILES string of the molecule is CC(C)[C@]12C=C[C@](C)(CC1)N(C(=O)OCc1ccc(C(=O)NCCO)cc1)O2. The van der Waals surface area contributed by atoms with Crippen LogP contribution in [0.25, 0.3) is 0 Å². The fourth-order valence-electron chi connectivity index (χ4n) is 3.52. The van der Waals surface area contributed by atoms with Crippen molar-refractivity contribution in [2.45, 2.75) is 51.4 Å². The van der Waals surface area contributed by atoms with Gasteiger partial charge in [0.05, 0.1) is 12.1 Å². The Morgan fingerprint density at radius 2 is 1.96 bits per heavy atom. The molecule has 0 radical (unpaired) electrons. The zero-order valence-electron chi connectivity index (χ0n) is 16.6. The zero-order valence-corrected chi connectivity index (χ0v) is 16.6. The average Bonchev–Trinajstić information content (AvgIpc) is 2.70. The molecule has 0 saturated carbocycles. The van der Waals surface area contributed by atoms with Crippen molar-refractivity contribution in [3.63, 3.8) is 0 Å². The van der Waals surface area contributed by atoms with Crippen molar-refractivity contribution < 1.29 is 24.3 Å². The number of aliphatic hydroxyl groups excluding tert-OH is 1. The van der Waals surface area contributed by atoms with E-state index in [-0.39, 0.29) is 31.6 Å². The third-order valence-electron chi connectivity index (χ3n) is 5.59. The van der Waals surface area contributed by atoms with E-state index in [1.807, 2.05) is 13.0 Å². The Morgan fingerprint density at radius 3 is 2.54 bits per heavy atom. The maximum absolute atomic E-state index is 12.7. The van der Waals surface area contributed by atoms with Gasteiger partial charge in [-0.2, -0.15) is 5.06 Å². The number of carbonyl (C=O) groups is 2.